The summed E-state index contributed by atoms with van der Waals surface area (Å²) < 4.78 is 13.2. The smallest absolute Gasteiger partial charge is 0.275 e. The van der Waals surface area contributed by atoms with Gasteiger partial charge in [0.25, 0.3) is 5.91 Å². The molecule has 1 saturated heterocycles. The van der Waals surface area contributed by atoms with Gasteiger partial charge in [-0.05, 0) is 24.3 Å². The van der Waals surface area contributed by atoms with Crippen molar-refractivity contribution in [2.75, 3.05) is 41.3 Å². The molecular formula is C19H18FN7O. The summed E-state index contributed by atoms with van der Waals surface area (Å²) in [6.07, 6.45) is 6.47. The zero-order chi connectivity index (χ0) is 19.3. The van der Waals surface area contributed by atoms with Gasteiger partial charge < -0.3 is 15.1 Å². The van der Waals surface area contributed by atoms with Crippen molar-refractivity contribution in [3.63, 3.8) is 0 Å². The molecule has 3 heterocycles. The van der Waals surface area contributed by atoms with E-state index in [1.807, 2.05) is 0 Å². The molecule has 1 fully saturated rings. The van der Waals surface area contributed by atoms with Crippen LogP contribution < -0.4 is 15.1 Å². The van der Waals surface area contributed by atoms with E-state index in [0.717, 1.165) is 32.1 Å². The molecule has 1 aliphatic heterocycles. The van der Waals surface area contributed by atoms with E-state index in [4.69, 9.17) is 0 Å². The number of aromatic nitrogens is 4. The van der Waals surface area contributed by atoms with E-state index in [1.54, 1.807) is 30.7 Å². The molecule has 9 heteroatoms. The van der Waals surface area contributed by atoms with Crippen LogP contribution in [0.3, 0.4) is 0 Å². The predicted octanol–water partition coefficient (Wildman–Crippen LogP) is 1.98. The van der Waals surface area contributed by atoms with Crippen molar-refractivity contribution in [3.8, 4) is 0 Å². The Bertz CT molecular complexity index is 944. The van der Waals surface area contributed by atoms with Crippen LogP contribution >= 0.6 is 0 Å². The average Bonchev–Trinajstić information content (AvgIpc) is 2.75. The van der Waals surface area contributed by atoms with Crippen LogP contribution in [0.2, 0.25) is 0 Å². The number of nitrogens with one attached hydrogen (secondary N) is 1. The Morgan fingerprint density at radius 1 is 0.929 bits per heavy atom. The Morgan fingerprint density at radius 3 is 2.36 bits per heavy atom. The van der Waals surface area contributed by atoms with E-state index in [9.17, 15) is 9.18 Å². The molecule has 1 N–H and O–H groups in total. The number of hydrogen-bond acceptors (Lipinski definition) is 7. The molecule has 1 amide bonds. The van der Waals surface area contributed by atoms with Crippen LogP contribution in [0.5, 0.6) is 0 Å². The lowest BCUT2D eigenvalue weighted by Gasteiger charge is -2.35. The molecule has 2 aromatic heterocycles. The van der Waals surface area contributed by atoms with Crippen molar-refractivity contribution in [1.82, 2.24) is 19.9 Å². The number of hydrogen-bond donors (Lipinski definition) is 1. The molecule has 28 heavy (non-hydrogen) atoms. The van der Waals surface area contributed by atoms with Gasteiger partial charge in [-0.2, -0.15) is 0 Å². The number of halogens is 1. The SMILES string of the molecule is O=C(Nc1cccc(F)c1)c1cnc(N2CCN(c3ncccn3)CC2)cn1. The summed E-state index contributed by atoms with van der Waals surface area (Å²) in [7, 11) is 0. The second kappa shape index (κ2) is 7.95. The number of piperazine rings is 1. The number of nitrogens with zero attached hydrogens (tertiary/aromatic N) is 6. The fraction of sp³-hybridized carbons (Fsp3) is 0.211. The summed E-state index contributed by atoms with van der Waals surface area (Å²) >= 11 is 0. The summed E-state index contributed by atoms with van der Waals surface area (Å²) in [5.74, 6) is 0.573. The van der Waals surface area contributed by atoms with Gasteiger partial charge in [-0.3, -0.25) is 4.79 Å². The molecule has 0 aliphatic carbocycles. The molecule has 0 radical (unpaired) electrons. The van der Waals surface area contributed by atoms with Gasteiger partial charge >= 0.3 is 0 Å². The van der Waals surface area contributed by atoms with Crippen LogP contribution in [-0.4, -0.2) is 52.0 Å². The van der Waals surface area contributed by atoms with Crippen molar-refractivity contribution in [2.24, 2.45) is 0 Å². The first-order valence-corrected chi connectivity index (χ1v) is 8.85. The van der Waals surface area contributed by atoms with Gasteiger partial charge in [0, 0.05) is 44.3 Å². The predicted molar refractivity (Wildman–Crippen MR) is 103 cm³/mol. The third kappa shape index (κ3) is 4.03. The highest BCUT2D eigenvalue weighted by atomic mass is 19.1. The monoisotopic (exact) mass is 379 g/mol. The van der Waals surface area contributed by atoms with E-state index in [0.29, 0.717) is 11.5 Å². The molecule has 4 rings (SSSR count). The molecule has 0 spiro atoms. The highest BCUT2D eigenvalue weighted by molar-refractivity contribution is 6.02. The minimum atomic E-state index is -0.435. The molecule has 0 saturated carbocycles. The summed E-state index contributed by atoms with van der Waals surface area (Å²) in [6.45, 7) is 3.05. The first-order chi connectivity index (χ1) is 13.7. The maximum absolute atomic E-state index is 13.2. The highest BCUT2D eigenvalue weighted by Gasteiger charge is 2.20. The first kappa shape index (κ1) is 17.8. The Morgan fingerprint density at radius 2 is 1.68 bits per heavy atom. The maximum atomic E-state index is 13.2. The van der Waals surface area contributed by atoms with Crippen LogP contribution in [0.15, 0.2) is 55.1 Å². The molecule has 0 atom stereocenters. The average molecular weight is 379 g/mol. The topological polar surface area (TPSA) is 87.1 Å². The van der Waals surface area contributed by atoms with Gasteiger partial charge in [0.05, 0.1) is 12.4 Å². The maximum Gasteiger partial charge on any atom is 0.275 e. The number of rotatable bonds is 4. The first-order valence-electron chi connectivity index (χ1n) is 8.85. The van der Waals surface area contributed by atoms with Gasteiger partial charge in [-0.1, -0.05) is 6.07 Å². The van der Waals surface area contributed by atoms with Crippen LogP contribution in [0.25, 0.3) is 0 Å². The highest BCUT2D eigenvalue weighted by Crippen LogP contribution is 2.16. The lowest BCUT2D eigenvalue weighted by Crippen LogP contribution is -2.47. The van der Waals surface area contributed by atoms with Crippen LogP contribution in [0.4, 0.5) is 21.8 Å². The van der Waals surface area contributed by atoms with E-state index < -0.39 is 11.7 Å². The van der Waals surface area contributed by atoms with Crippen molar-refractivity contribution < 1.29 is 9.18 Å². The van der Waals surface area contributed by atoms with Crippen LogP contribution in [-0.2, 0) is 0 Å². The number of amides is 1. The van der Waals surface area contributed by atoms with Crippen LogP contribution in [0.1, 0.15) is 10.5 Å². The molecule has 0 unspecified atom stereocenters. The zero-order valence-electron chi connectivity index (χ0n) is 15.0. The minimum Gasteiger partial charge on any atom is -0.352 e. The Balaban J connectivity index is 1.36. The summed E-state index contributed by atoms with van der Waals surface area (Å²) in [5, 5.41) is 2.61. The molecule has 1 aromatic carbocycles. The second-order valence-corrected chi connectivity index (χ2v) is 6.25. The van der Waals surface area contributed by atoms with Crippen molar-refractivity contribution in [2.45, 2.75) is 0 Å². The number of carbonyl (C=O) groups excluding carboxylic acids is 1. The molecule has 142 valence electrons. The normalized spacial score (nSPS) is 14.0. The number of carbonyl (C=O) groups is 1. The summed E-state index contributed by atoms with van der Waals surface area (Å²) in [6, 6.07) is 7.49. The number of anilines is 3. The molecule has 0 bridgehead atoms. The minimum absolute atomic E-state index is 0.171. The van der Waals surface area contributed by atoms with Crippen molar-refractivity contribution in [3.05, 3.63) is 66.6 Å². The van der Waals surface area contributed by atoms with E-state index in [2.05, 4.69) is 35.1 Å². The Kier molecular flexibility index (Phi) is 5.05. The standard InChI is InChI=1S/C19H18FN7O/c20-14-3-1-4-15(11-14)25-18(28)16-12-24-17(13-23-16)26-7-9-27(10-8-26)19-21-5-2-6-22-19/h1-6,11-13H,7-10H2,(H,25,28). The number of benzene rings is 1. The zero-order valence-corrected chi connectivity index (χ0v) is 15.0. The van der Waals surface area contributed by atoms with Crippen molar-refractivity contribution >= 4 is 23.4 Å². The lowest BCUT2D eigenvalue weighted by atomic mass is 10.3. The third-order valence-electron chi connectivity index (χ3n) is 4.39. The fourth-order valence-corrected chi connectivity index (χ4v) is 2.95. The fourth-order valence-electron chi connectivity index (χ4n) is 2.95. The van der Waals surface area contributed by atoms with Gasteiger partial charge in [0.1, 0.15) is 17.3 Å². The molecule has 1 aliphatic rings. The van der Waals surface area contributed by atoms with E-state index >= 15 is 0 Å². The Labute approximate surface area is 161 Å². The Hall–Kier alpha value is -3.62. The van der Waals surface area contributed by atoms with Gasteiger partial charge in [-0.25, -0.2) is 24.3 Å². The molecule has 3 aromatic rings. The third-order valence-corrected chi connectivity index (χ3v) is 4.39. The van der Waals surface area contributed by atoms with E-state index in [1.165, 1.54) is 24.4 Å². The van der Waals surface area contributed by atoms with E-state index in [-0.39, 0.29) is 5.69 Å². The molecule has 8 nitrogen and oxygen atoms in total. The quantitative estimate of drug-likeness (QED) is 0.742. The second-order valence-electron chi connectivity index (χ2n) is 6.25. The van der Waals surface area contributed by atoms with Gasteiger partial charge in [0.15, 0.2) is 0 Å². The van der Waals surface area contributed by atoms with Gasteiger partial charge in [0.2, 0.25) is 5.95 Å². The van der Waals surface area contributed by atoms with Gasteiger partial charge in [-0.15, -0.1) is 0 Å². The lowest BCUT2D eigenvalue weighted by molar-refractivity contribution is 0.102. The van der Waals surface area contributed by atoms with Crippen LogP contribution in [0, 0.1) is 5.82 Å². The van der Waals surface area contributed by atoms with Crippen molar-refractivity contribution in [1.29, 1.82) is 0 Å². The summed E-state index contributed by atoms with van der Waals surface area (Å²) in [5.41, 5.74) is 0.541. The molecular weight excluding hydrogens is 361 g/mol. The largest absolute Gasteiger partial charge is 0.352 e. The summed E-state index contributed by atoms with van der Waals surface area (Å²) in [4.78, 5) is 33.6.